The molecule has 4 atom stereocenters. The van der Waals surface area contributed by atoms with Gasteiger partial charge >= 0.3 is 0 Å². The van der Waals surface area contributed by atoms with Crippen molar-refractivity contribution in [3.05, 3.63) is 0 Å². The smallest absolute Gasteiger partial charge is 0.0685 e. The summed E-state index contributed by atoms with van der Waals surface area (Å²) in [6, 6.07) is 0.734. The second kappa shape index (κ2) is 5.22. The van der Waals surface area contributed by atoms with Crippen molar-refractivity contribution >= 4 is 0 Å². The predicted molar refractivity (Wildman–Crippen MR) is 65.9 cm³/mol. The molecule has 2 aliphatic rings. The lowest BCUT2D eigenvalue weighted by Crippen LogP contribution is -2.67. The standard InChI is InChI=1S/C13H25NO3/c1-13(2)11(10-5-7-17-12(10)13)14-9(4-6-15)8-16-3/h9-12,14-15H,4-8H2,1-3H3. The maximum atomic E-state index is 9.06. The van der Waals surface area contributed by atoms with Gasteiger partial charge in [-0.25, -0.2) is 0 Å². The monoisotopic (exact) mass is 243 g/mol. The Bertz CT molecular complexity index is 251. The number of hydrogen-bond donors (Lipinski definition) is 2. The Hall–Kier alpha value is -0.160. The van der Waals surface area contributed by atoms with Gasteiger partial charge < -0.3 is 19.9 Å². The van der Waals surface area contributed by atoms with E-state index >= 15 is 0 Å². The number of ether oxygens (including phenoxy) is 2. The first kappa shape index (κ1) is 13.3. The molecule has 1 aliphatic heterocycles. The van der Waals surface area contributed by atoms with Crippen molar-refractivity contribution < 1.29 is 14.6 Å². The molecule has 0 aromatic heterocycles. The molecule has 0 radical (unpaired) electrons. The van der Waals surface area contributed by atoms with E-state index < -0.39 is 0 Å². The van der Waals surface area contributed by atoms with Crippen LogP contribution in [-0.2, 0) is 9.47 Å². The quantitative estimate of drug-likeness (QED) is 0.724. The summed E-state index contributed by atoms with van der Waals surface area (Å²) in [6.07, 6.45) is 2.32. The van der Waals surface area contributed by atoms with Crippen molar-refractivity contribution in [3.8, 4) is 0 Å². The fraction of sp³-hybridized carbons (Fsp3) is 1.00. The lowest BCUT2D eigenvalue weighted by molar-refractivity contribution is -0.117. The van der Waals surface area contributed by atoms with E-state index in [2.05, 4.69) is 19.2 Å². The maximum Gasteiger partial charge on any atom is 0.0685 e. The van der Waals surface area contributed by atoms with Crippen LogP contribution in [-0.4, -0.2) is 50.2 Å². The molecule has 0 bridgehead atoms. The van der Waals surface area contributed by atoms with Gasteiger partial charge in [-0.3, -0.25) is 0 Å². The summed E-state index contributed by atoms with van der Waals surface area (Å²) >= 11 is 0. The Morgan fingerprint density at radius 1 is 1.53 bits per heavy atom. The fourth-order valence-corrected chi connectivity index (χ4v) is 3.49. The summed E-state index contributed by atoms with van der Waals surface area (Å²) in [7, 11) is 1.71. The number of hydrogen-bond acceptors (Lipinski definition) is 4. The maximum absolute atomic E-state index is 9.06. The largest absolute Gasteiger partial charge is 0.396 e. The first-order chi connectivity index (χ1) is 8.11. The van der Waals surface area contributed by atoms with E-state index in [-0.39, 0.29) is 18.1 Å². The van der Waals surface area contributed by atoms with E-state index in [0.29, 0.717) is 24.7 Å². The number of aliphatic hydroxyl groups is 1. The average Bonchev–Trinajstić information content (AvgIpc) is 2.73. The van der Waals surface area contributed by atoms with E-state index in [9.17, 15) is 0 Å². The third-order valence-corrected chi connectivity index (χ3v) is 4.36. The fourth-order valence-electron chi connectivity index (χ4n) is 3.49. The van der Waals surface area contributed by atoms with Crippen molar-refractivity contribution in [1.82, 2.24) is 5.32 Å². The van der Waals surface area contributed by atoms with Gasteiger partial charge in [-0.2, -0.15) is 0 Å². The molecule has 4 heteroatoms. The highest BCUT2D eigenvalue weighted by molar-refractivity contribution is 5.11. The summed E-state index contributed by atoms with van der Waals surface area (Å²) in [4.78, 5) is 0. The van der Waals surface area contributed by atoms with E-state index in [4.69, 9.17) is 14.6 Å². The molecule has 1 aliphatic carbocycles. The molecule has 4 nitrogen and oxygen atoms in total. The Morgan fingerprint density at radius 2 is 2.29 bits per heavy atom. The molecule has 0 aromatic rings. The van der Waals surface area contributed by atoms with Gasteiger partial charge in [-0.1, -0.05) is 13.8 Å². The van der Waals surface area contributed by atoms with Gasteiger partial charge in [-0.15, -0.1) is 0 Å². The third kappa shape index (κ3) is 2.36. The zero-order chi connectivity index (χ0) is 12.5. The van der Waals surface area contributed by atoms with Gasteiger partial charge in [0.2, 0.25) is 0 Å². The van der Waals surface area contributed by atoms with Crippen LogP contribution in [0.4, 0.5) is 0 Å². The Balaban J connectivity index is 1.92. The SMILES string of the molecule is COCC(CCO)NC1C2CCOC2C1(C)C. The van der Waals surface area contributed by atoms with E-state index in [1.165, 1.54) is 0 Å². The molecule has 2 fully saturated rings. The van der Waals surface area contributed by atoms with Gasteiger partial charge in [0.15, 0.2) is 0 Å². The Morgan fingerprint density at radius 3 is 2.94 bits per heavy atom. The van der Waals surface area contributed by atoms with Gasteiger partial charge in [0.1, 0.15) is 0 Å². The van der Waals surface area contributed by atoms with Crippen LogP contribution < -0.4 is 5.32 Å². The number of methoxy groups -OCH3 is 1. The van der Waals surface area contributed by atoms with Crippen LogP contribution in [0.25, 0.3) is 0 Å². The molecule has 1 saturated carbocycles. The van der Waals surface area contributed by atoms with Crippen LogP contribution in [0.3, 0.4) is 0 Å². The second-order valence-corrected chi connectivity index (χ2v) is 5.87. The Labute approximate surface area is 104 Å². The van der Waals surface area contributed by atoms with Crippen molar-refractivity contribution in [2.75, 3.05) is 26.9 Å². The molecule has 2 N–H and O–H groups in total. The van der Waals surface area contributed by atoms with Crippen molar-refractivity contribution in [1.29, 1.82) is 0 Å². The van der Waals surface area contributed by atoms with Crippen molar-refractivity contribution in [2.24, 2.45) is 11.3 Å². The topological polar surface area (TPSA) is 50.7 Å². The van der Waals surface area contributed by atoms with Gasteiger partial charge in [-0.05, 0) is 12.8 Å². The lowest BCUT2D eigenvalue weighted by atomic mass is 9.57. The van der Waals surface area contributed by atoms with Crippen molar-refractivity contribution in [2.45, 2.75) is 44.9 Å². The molecule has 4 unspecified atom stereocenters. The molecule has 1 saturated heterocycles. The van der Waals surface area contributed by atoms with Crippen molar-refractivity contribution in [3.63, 3.8) is 0 Å². The molecular weight excluding hydrogens is 218 g/mol. The highest BCUT2D eigenvalue weighted by Crippen LogP contribution is 2.52. The molecule has 0 amide bonds. The zero-order valence-corrected chi connectivity index (χ0v) is 11.1. The van der Waals surface area contributed by atoms with Crippen LogP contribution in [0.1, 0.15) is 26.7 Å². The van der Waals surface area contributed by atoms with Gasteiger partial charge in [0, 0.05) is 43.7 Å². The summed E-state index contributed by atoms with van der Waals surface area (Å²) in [5, 5.41) is 12.7. The predicted octanol–water partition coefficient (Wildman–Crippen LogP) is 0.787. The summed E-state index contributed by atoms with van der Waals surface area (Å²) in [6.45, 7) is 6.29. The number of aliphatic hydroxyl groups excluding tert-OH is 1. The highest BCUT2D eigenvalue weighted by Gasteiger charge is 2.59. The number of rotatable bonds is 6. The highest BCUT2D eigenvalue weighted by atomic mass is 16.5. The molecule has 2 rings (SSSR count). The molecule has 0 spiro atoms. The van der Waals surface area contributed by atoms with E-state index in [1.54, 1.807) is 7.11 Å². The molecule has 1 heterocycles. The summed E-state index contributed by atoms with van der Waals surface area (Å²) in [5.74, 6) is 0.642. The van der Waals surface area contributed by atoms with E-state index in [1.807, 2.05) is 0 Å². The average molecular weight is 243 g/mol. The minimum absolute atomic E-state index is 0.197. The van der Waals surface area contributed by atoms with Crippen LogP contribution in [0.2, 0.25) is 0 Å². The summed E-state index contributed by atoms with van der Waals surface area (Å²) in [5.41, 5.74) is 0.197. The molecule has 17 heavy (non-hydrogen) atoms. The van der Waals surface area contributed by atoms with Crippen LogP contribution >= 0.6 is 0 Å². The minimum Gasteiger partial charge on any atom is -0.396 e. The van der Waals surface area contributed by atoms with Crippen LogP contribution in [0.5, 0.6) is 0 Å². The Kier molecular flexibility index (Phi) is 4.08. The van der Waals surface area contributed by atoms with E-state index in [0.717, 1.165) is 19.4 Å². The minimum atomic E-state index is 0.197. The van der Waals surface area contributed by atoms with Crippen LogP contribution in [0, 0.1) is 11.3 Å². The normalized spacial score (nSPS) is 36.4. The number of fused-ring (bicyclic) bond motifs is 1. The molecule has 100 valence electrons. The first-order valence-corrected chi connectivity index (χ1v) is 6.58. The van der Waals surface area contributed by atoms with Crippen LogP contribution in [0.15, 0.2) is 0 Å². The number of nitrogens with one attached hydrogen (secondary N) is 1. The van der Waals surface area contributed by atoms with Gasteiger partial charge in [0.25, 0.3) is 0 Å². The molecular formula is C13H25NO3. The molecule has 0 aromatic carbocycles. The van der Waals surface area contributed by atoms with Gasteiger partial charge in [0.05, 0.1) is 12.7 Å². The second-order valence-electron chi connectivity index (χ2n) is 5.87. The first-order valence-electron chi connectivity index (χ1n) is 6.58. The zero-order valence-electron chi connectivity index (χ0n) is 11.1. The third-order valence-electron chi connectivity index (χ3n) is 4.36. The summed E-state index contributed by atoms with van der Waals surface area (Å²) < 4.78 is 11.0. The lowest BCUT2D eigenvalue weighted by Gasteiger charge is -2.55.